The molecule has 1 aromatic heterocycles. The largest absolute Gasteiger partial charge is 0.494 e. The summed E-state index contributed by atoms with van der Waals surface area (Å²) in [5.74, 6) is 0.972. The molecule has 0 spiro atoms. The number of nitrogens with zero attached hydrogens (tertiary/aromatic N) is 2. The van der Waals surface area contributed by atoms with Crippen LogP contribution in [-0.4, -0.2) is 16.5 Å². The molecule has 0 aliphatic heterocycles. The minimum atomic E-state index is -0.468. The smallest absolute Gasteiger partial charge is 0.311 e. The Balaban J connectivity index is 2.19. The van der Waals surface area contributed by atoms with Gasteiger partial charge < -0.3 is 10.1 Å². The van der Waals surface area contributed by atoms with Gasteiger partial charge in [-0.2, -0.15) is 0 Å². The van der Waals surface area contributed by atoms with Crippen molar-refractivity contribution in [2.45, 2.75) is 6.92 Å². The predicted octanol–water partition coefficient (Wildman–Crippen LogP) is 3.13. The van der Waals surface area contributed by atoms with Crippen LogP contribution in [0.2, 0.25) is 0 Å². The van der Waals surface area contributed by atoms with Gasteiger partial charge in [-0.1, -0.05) is 0 Å². The maximum absolute atomic E-state index is 10.9. The van der Waals surface area contributed by atoms with E-state index >= 15 is 0 Å². The van der Waals surface area contributed by atoms with E-state index in [0.29, 0.717) is 12.3 Å². The first-order valence-electron chi connectivity index (χ1n) is 5.80. The van der Waals surface area contributed by atoms with E-state index in [2.05, 4.69) is 10.3 Å². The zero-order valence-electron chi connectivity index (χ0n) is 10.4. The van der Waals surface area contributed by atoms with Gasteiger partial charge in [-0.05, 0) is 37.3 Å². The molecule has 0 aliphatic rings. The van der Waals surface area contributed by atoms with Gasteiger partial charge >= 0.3 is 5.69 Å². The van der Waals surface area contributed by atoms with Crippen LogP contribution in [0.15, 0.2) is 42.6 Å². The van der Waals surface area contributed by atoms with E-state index in [9.17, 15) is 10.1 Å². The van der Waals surface area contributed by atoms with E-state index < -0.39 is 4.92 Å². The Labute approximate surface area is 110 Å². The number of anilines is 2. The lowest BCUT2D eigenvalue weighted by molar-refractivity contribution is -0.384. The van der Waals surface area contributed by atoms with Gasteiger partial charge in [-0.15, -0.1) is 0 Å². The number of nitrogens with one attached hydrogen (secondary N) is 1. The van der Waals surface area contributed by atoms with Crippen molar-refractivity contribution in [1.29, 1.82) is 0 Å². The van der Waals surface area contributed by atoms with E-state index in [1.165, 1.54) is 18.3 Å². The highest BCUT2D eigenvalue weighted by atomic mass is 16.6. The van der Waals surface area contributed by atoms with Crippen molar-refractivity contribution in [3.8, 4) is 5.75 Å². The van der Waals surface area contributed by atoms with E-state index in [-0.39, 0.29) is 11.5 Å². The normalized spacial score (nSPS) is 9.95. The van der Waals surface area contributed by atoms with Crippen molar-refractivity contribution in [3.05, 3.63) is 52.7 Å². The fraction of sp³-hybridized carbons (Fsp3) is 0.154. The molecule has 19 heavy (non-hydrogen) atoms. The van der Waals surface area contributed by atoms with Crippen LogP contribution in [-0.2, 0) is 0 Å². The Morgan fingerprint density at radius 2 is 2.05 bits per heavy atom. The molecule has 0 radical (unpaired) electrons. The van der Waals surface area contributed by atoms with Gasteiger partial charge in [0.1, 0.15) is 5.75 Å². The zero-order valence-corrected chi connectivity index (χ0v) is 10.4. The number of ether oxygens (including phenoxy) is 1. The minimum Gasteiger partial charge on any atom is -0.494 e. The van der Waals surface area contributed by atoms with E-state index in [0.717, 1.165) is 5.75 Å². The molecule has 0 aliphatic carbocycles. The quantitative estimate of drug-likeness (QED) is 0.659. The topological polar surface area (TPSA) is 77.3 Å². The van der Waals surface area contributed by atoms with Crippen molar-refractivity contribution < 1.29 is 9.66 Å². The average Bonchev–Trinajstić information content (AvgIpc) is 2.42. The molecule has 2 rings (SSSR count). The molecule has 1 heterocycles. The van der Waals surface area contributed by atoms with Gasteiger partial charge in [0, 0.05) is 18.0 Å². The van der Waals surface area contributed by atoms with Crippen molar-refractivity contribution >= 4 is 17.2 Å². The molecule has 0 bridgehead atoms. The molecule has 0 saturated heterocycles. The molecule has 0 amide bonds. The zero-order chi connectivity index (χ0) is 13.7. The molecule has 1 aromatic carbocycles. The molecule has 6 nitrogen and oxygen atoms in total. The molecule has 0 atom stereocenters. The van der Waals surface area contributed by atoms with Crippen molar-refractivity contribution in [1.82, 2.24) is 4.98 Å². The molecule has 0 fully saturated rings. The summed E-state index contributed by atoms with van der Waals surface area (Å²) in [5, 5.41) is 13.8. The second kappa shape index (κ2) is 5.81. The summed E-state index contributed by atoms with van der Waals surface area (Å²) in [6.07, 6.45) is 1.50. The Bertz CT molecular complexity index is 570. The molecule has 2 aromatic rings. The summed E-state index contributed by atoms with van der Waals surface area (Å²) in [7, 11) is 0. The molecule has 98 valence electrons. The Morgan fingerprint density at radius 1 is 1.32 bits per heavy atom. The highest BCUT2D eigenvalue weighted by Gasteiger charge is 2.13. The lowest BCUT2D eigenvalue weighted by Gasteiger charge is -2.07. The van der Waals surface area contributed by atoms with Crippen LogP contribution in [0.25, 0.3) is 0 Å². The van der Waals surface area contributed by atoms with Crippen LogP contribution in [0.5, 0.6) is 5.75 Å². The first kappa shape index (κ1) is 12.8. The summed E-state index contributed by atoms with van der Waals surface area (Å²) in [6.45, 7) is 2.50. The van der Waals surface area contributed by atoms with Gasteiger partial charge in [0.05, 0.1) is 11.5 Å². The van der Waals surface area contributed by atoms with Gasteiger partial charge in [0.2, 0.25) is 5.82 Å². The molecule has 6 heteroatoms. The fourth-order valence-corrected chi connectivity index (χ4v) is 1.58. The highest BCUT2D eigenvalue weighted by Crippen LogP contribution is 2.25. The number of nitro groups is 1. The molecule has 0 saturated carbocycles. The number of benzene rings is 1. The number of pyridine rings is 1. The minimum absolute atomic E-state index is 0.0589. The van der Waals surface area contributed by atoms with Crippen LogP contribution < -0.4 is 10.1 Å². The molecule has 1 N–H and O–H groups in total. The maximum Gasteiger partial charge on any atom is 0.311 e. The number of hydrogen-bond acceptors (Lipinski definition) is 5. The Hall–Kier alpha value is -2.63. The van der Waals surface area contributed by atoms with Gasteiger partial charge in [0.25, 0.3) is 0 Å². The van der Waals surface area contributed by atoms with Crippen molar-refractivity contribution in [2.24, 2.45) is 0 Å². The Kier molecular flexibility index (Phi) is 3.92. The fourth-order valence-electron chi connectivity index (χ4n) is 1.58. The maximum atomic E-state index is 10.9. The van der Waals surface area contributed by atoms with Gasteiger partial charge in [0.15, 0.2) is 0 Å². The molecular formula is C13H13N3O3. The third-order valence-corrected chi connectivity index (χ3v) is 2.41. The first-order valence-corrected chi connectivity index (χ1v) is 5.80. The van der Waals surface area contributed by atoms with Crippen molar-refractivity contribution in [3.63, 3.8) is 0 Å². The third-order valence-electron chi connectivity index (χ3n) is 2.41. The summed E-state index contributed by atoms with van der Waals surface area (Å²) in [6, 6.07) is 10.1. The summed E-state index contributed by atoms with van der Waals surface area (Å²) < 4.78 is 5.32. The Morgan fingerprint density at radius 3 is 2.68 bits per heavy atom. The molecular weight excluding hydrogens is 246 g/mol. The van der Waals surface area contributed by atoms with Crippen molar-refractivity contribution in [2.75, 3.05) is 11.9 Å². The second-order valence-corrected chi connectivity index (χ2v) is 3.71. The predicted molar refractivity (Wildman–Crippen MR) is 71.8 cm³/mol. The molecule has 0 unspecified atom stereocenters. The van der Waals surface area contributed by atoms with Crippen LogP contribution in [0.1, 0.15) is 6.92 Å². The van der Waals surface area contributed by atoms with Crippen LogP contribution in [0.3, 0.4) is 0 Å². The standard InChI is InChI=1S/C13H13N3O3/c1-2-19-11-7-5-10(6-8-11)15-13-12(16(17)18)4-3-9-14-13/h3-9H,2H2,1H3,(H,14,15). The summed E-state index contributed by atoms with van der Waals surface area (Å²) >= 11 is 0. The lowest BCUT2D eigenvalue weighted by atomic mass is 10.3. The van der Waals surface area contributed by atoms with Gasteiger partial charge in [-0.25, -0.2) is 4.98 Å². The summed E-state index contributed by atoms with van der Waals surface area (Å²) in [5.41, 5.74) is 0.654. The number of aromatic nitrogens is 1. The van der Waals surface area contributed by atoms with E-state index in [1.807, 2.05) is 6.92 Å². The number of rotatable bonds is 5. The third kappa shape index (κ3) is 3.19. The average molecular weight is 259 g/mol. The second-order valence-electron chi connectivity index (χ2n) is 3.71. The van der Waals surface area contributed by atoms with Crippen LogP contribution in [0, 0.1) is 10.1 Å². The SMILES string of the molecule is CCOc1ccc(Nc2ncccc2[N+](=O)[O-])cc1. The monoisotopic (exact) mass is 259 g/mol. The van der Waals surface area contributed by atoms with Crippen LogP contribution >= 0.6 is 0 Å². The van der Waals surface area contributed by atoms with E-state index in [4.69, 9.17) is 4.74 Å². The van der Waals surface area contributed by atoms with Gasteiger partial charge in [-0.3, -0.25) is 10.1 Å². The summed E-state index contributed by atoms with van der Waals surface area (Å²) in [4.78, 5) is 14.4. The highest BCUT2D eigenvalue weighted by molar-refractivity contribution is 5.65. The first-order chi connectivity index (χ1) is 9.20. The number of hydrogen-bond donors (Lipinski definition) is 1. The van der Waals surface area contributed by atoms with E-state index in [1.54, 1.807) is 24.3 Å². The lowest BCUT2D eigenvalue weighted by Crippen LogP contribution is -1.99. The van der Waals surface area contributed by atoms with Crippen LogP contribution in [0.4, 0.5) is 17.2 Å².